The molecular weight excluding hydrogens is 202 g/mol. The molecule has 84 valence electrons. The van der Waals surface area contributed by atoms with Crippen molar-refractivity contribution in [3.8, 4) is 0 Å². The van der Waals surface area contributed by atoms with E-state index in [1.54, 1.807) is 18.2 Å². The molecule has 3 nitrogen and oxygen atoms in total. The third-order valence-electron chi connectivity index (χ3n) is 2.25. The number of rotatable bonds is 5. The number of Topliss-reactive ketones (excluding diaryl/α,β-unsaturated/α-hetero) is 1. The first-order valence-corrected chi connectivity index (χ1v) is 5.12. The summed E-state index contributed by atoms with van der Waals surface area (Å²) in [4.78, 5) is 23.0. The lowest BCUT2D eigenvalue weighted by Gasteiger charge is -2.11. The van der Waals surface area contributed by atoms with Crippen molar-refractivity contribution in [2.45, 2.75) is 13.3 Å². The fraction of sp³-hybridized carbons (Fsp3) is 0.231. The highest BCUT2D eigenvalue weighted by Gasteiger charge is 2.21. The number of allylic oxidation sites excluding steroid dienone is 1. The number of para-hydroxylation sites is 1. The second kappa shape index (κ2) is 5.85. The van der Waals surface area contributed by atoms with Crippen LogP contribution in [0.3, 0.4) is 0 Å². The normalized spacial score (nSPS) is 11.6. The number of benzene rings is 1. The molecule has 0 saturated carbocycles. The molecule has 1 amide bonds. The molecule has 0 aliphatic carbocycles. The van der Waals surface area contributed by atoms with E-state index < -0.39 is 5.92 Å². The van der Waals surface area contributed by atoms with Gasteiger partial charge < -0.3 is 5.32 Å². The molecule has 0 saturated heterocycles. The molecule has 0 heterocycles. The van der Waals surface area contributed by atoms with E-state index in [1.807, 2.05) is 18.2 Å². The van der Waals surface area contributed by atoms with Crippen LogP contribution in [0.1, 0.15) is 13.3 Å². The highest BCUT2D eigenvalue weighted by molar-refractivity contribution is 6.06. The number of carbonyl (C=O) groups excluding carboxylic acids is 2. The third-order valence-corrected chi connectivity index (χ3v) is 2.25. The van der Waals surface area contributed by atoms with Crippen molar-refractivity contribution in [2.75, 3.05) is 5.32 Å². The topological polar surface area (TPSA) is 46.2 Å². The predicted molar refractivity (Wildman–Crippen MR) is 64.1 cm³/mol. The highest BCUT2D eigenvalue weighted by Crippen LogP contribution is 2.11. The molecule has 0 aliphatic rings. The molecule has 1 unspecified atom stereocenters. The lowest BCUT2D eigenvalue weighted by atomic mass is 10.0. The fourth-order valence-corrected chi connectivity index (χ4v) is 1.38. The minimum atomic E-state index is -0.641. The van der Waals surface area contributed by atoms with Crippen LogP contribution in [-0.4, -0.2) is 11.7 Å². The van der Waals surface area contributed by atoms with Gasteiger partial charge in [-0.05, 0) is 25.5 Å². The largest absolute Gasteiger partial charge is 0.325 e. The molecule has 0 aliphatic heterocycles. The zero-order valence-corrected chi connectivity index (χ0v) is 9.27. The Morgan fingerprint density at radius 3 is 2.50 bits per heavy atom. The number of nitrogens with one attached hydrogen (secondary N) is 1. The summed E-state index contributed by atoms with van der Waals surface area (Å²) in [5, 5.41) is 2.70. The highest BCUT2D eigenvalue weighted by atomic mass is 16.2. The zero-order valence-electron chi connectivity index (χ0n) is 9.27. The SMILES string of the molecule is C=CCC(C(C)=O)C(=O)Nc1ccccc1. The second-order valence-corrected chi connectivity index (χ2v) is 3.54. The number of hydrogen-bond donors (Lipinski definition) is 1. The van der Waals surface area contributed by atoms with Gasteiger partial charge in [0.1, 0.15) is 5.78 Å². The quantitative estimate of drug-likeness (QED) is 0.608. The molecule has 0 fully saturated rings. The average molecular weight is 217 g/mol. The van der Waals surface area contributed by atoms with Crippen LogP contribution in [0.4, 0.5) is 5.69 Å². The zero-order chi connectivity index (χ0) is 12.0. The van der Waals surface area contributed by atoms with Crippen LogP contribution in [0.25, 0.3) is 0 Å². The monoisotopic (exact) mass is 217 g/mol. The predicted octanol–water partition coefficient (Wildman–Crippen LogP) is 2.41. The Bertz CT molecular complexity index is 384. The summed E-state index contributed by atoms with van der Waals surface area (Å²) < 4.78 is 0. The lowest BCUT2D eigenvalue weighted by molar-refractivity contribution is -0.129. The van der Waals surface area contributed by atoms with Crippen LogP contribution >= 0.6 is 0 Å². The Balaban J connectivity index is 2.69. The Hall–Kier alpha value is -1.90. The fourth-order valence-electron chi connectivity index (χ4n) is 1.38. The molecule has 1 N–H and O–H groups in total. The van der Waals surface area contributed by atoms with Gasteiger partial charge in [0.05, 0.1) is 5.92 Å². The molecule has 0 bridgehead atoms. The first kappa shape index (κ1) is 12.2. The lowest BCUT2D eigenvalue weighted by Crippen LogP contribution is -2.27. The van der Waals surface area contributed by atoms with E-state index >= 15 is 0 Å². The third kappa shape index (κ3) is 3.35. The van der Waals surface area contributed by atoms with Gasteiger partial charge in [-0.15, -0.1) is 6.58 Å². The molecule has 16 heavy (non-hydrogen) atoms. The van der Waals surface area contributed by atoms with Crippen LogP contribution in [0.15, 0.2) is 43.0 Å². The number of hydrogen-bond acceptors (Lipinski definition) is 2. The van der Waals surface area contributed by atoms with Crippen molar-refractivity contribution in [1.29, 1.82) is 0 Å². The molecule has 1 rings (SSSR count). The van der Waals surface area contributed by atoms with Crippen molar-refractivity contribution in [3.05, 3.63) is 43.0 Å². The van der Waals surface area contributed by atoms with Crippen molar-refractivity contribution < 1.29 is 9.59 Å². The van der Waals surface area contributed by atoms with Crippen LogP contribution in [-0.2, 0) is 9.59 Å². The van der Waals surface area contributed by atoms with Gasteiger partial charge in [0.15, 0.2) is 0 Å². The summed E-state index contributed by atoms with van der Waals surface area (Å²) in [5.41, 5.74) is 0.697. The maximum absolute atomic E-state index is 11.8. The van der Waals surface area contributed by atoms with Gasteiger partial charge >= 0.3 is 0 Å². The molecule has 0 spiro atoms. The Kier molecular flexibility index (Phi) is 4.45. The van der Waals surface area contributed by atoms with Gasteiger partial charge in [-0.2, -0.15) is 0 Å². The minimum absolute atomic E-state index is 0.145. The van der Waals surface area contributed by atoms with E-state index in [0.717, 1.165) is 0 Å². The van der Waals surface area contributed by atoms with E-state index in [4.69, 9.17) is 0 Å². The summed E-state index contributed by atoms with van der Waals surface area (Å²) in [7, 11) is 0. The van der Waals surface area contributed by atoms with Crippen LogP contribution in [0, 0.1) is 5.92 Å². The smallest absolute Gasteiger partial charge is 0.235 e. The summed E-state index contributed by atoms with van der Waals surface area (Å²) in [5.74, 6) is -1.07. The van der Waals surface area contributed by atoms with E-state index in [2.05, 4.69) is 11.9 Å². The van der Waals surface area contributed by atoms with Crippen LogP contribution < -0.4 is 5.32 Å². The maximum Gasteiger partial charge on any atom is 0.235 e. The molecule has 1 aromatic carbocycles. The Morgan fingerprint density at radius 2 is 2.00 bits per heavy atom. The summed E-state index contributed by atoms with van der Waals surface area (Å²) in [6, 6.07) is 9.08. The molecular formula is C13H15NO2. The van der Waals surface area contributed by atoms with Crippen molar-refractivity contribution in [3.63, 3.8) is 0 Å². The van der Waals surface area contributed by atoms with Crippen molar-refractivity contribution in [1.82, 2.24) is 0 Å². The van der Waals surface area contributed by atoms with Crippen LogP contribution in [0.5, 0.6) is 0 Å². The number of amides is 1. The number of carbonyl (C=O) groups is 2. The van der Waals surface area contributed by atoms with Gasteiger partial charge in [-0.25, -0.2) is 0 Å². The number of ketones is 1. The van der Waals surface area contributed by atoms with E-state index in [0.29, 0.717) is 12.1 Å². The molecule has 0 aromatic heterocycles. The maximum atomic E-state index is 11.8. The van der Waals surface area contributed by atoms with E-state index in [-0.39, 0.29) is 11.7 Å². The first-order chi connectivity index (χ1) is 7.65. The standard InChI is InChI=1S/C13H15NO2/c1-3-7-12(10(2)15)13(16)14-11-8-5-4-6-9-11/h3-6,8-9,12H,1,7H2,2H3,(H,14,16). The van der Waals surface area contributed by atoms with Gasteiger partial charge in [-0.3, -0.25) is 9.59 Å². The Morgan fingerprint density at radius 1 is 1.38 bits per heavy atom. The molecule has 3 heteroatoms. The molecule has 0 radical (unpaired) electrons. The summed E-state index contributed by atoms with van der Waals surface area (Å²) >= 11 is 0. The summed E-state index contributed by atoms with van der Waals surface area (Å²) in [6.45, 7) is 4.96. The number of anilines is 1. The Labute approximate surface area is 95.2 Å². The van der Waals surface area contributed by atoms with Crippen molar-refractivity contribution >= 4 is 17.4 Å². The van der Waals surface area contributed by atoms with Crippen LogP contribution in [0.2, 0.25) is 0 Å². The van der Waals surface area contributed by atoms with Gasteiger partial charge in [0, 0.05) is 5.69 Å². The average Bonchev–Trinajstić information content (AvgIpc) is 2.26. The van der Waals surface area contributed by atoms with Crippen molar-refractivity contribution in [2.24, 2.45) is 5.92 Å². The minimum Gasteiger partial charge on any atom is -0.325 e. The van der Waals surface area contributed by atoms with Gasteiger partial charge in [-0.1, -0.05) is 24.3 Å². The first-order valence-electron chi connectivity index (χ1n) is 5.12. The van der Waals surface area contributed by atoms with E-state index in [9.17, 15) is 9.59 Å². The van der Waals surface area contributed by atoms with Gasteiger partial charge in [0.25, 0.3) is 0 Å². The summed E-state index contributed by atoms with van der Waals surface area (Å²) in [6.07, 6.45) is 1.95. The van der Waals surface area contributed by atoms with Gasteiger partial charge in [0.2, 0.25) is 5.91 Å². The second-order valence-electron chi connectivity index (χ2n) is 3.54. The molecule has 1 atom stereocenters. The van der Waals surface area contributed by atoms with E-state index in [1.165, 1.54) is 6.92 Å². The molecule has 1 aromatic rings.